The number of hydrogen-bond donors (Lipinski definition) is 1. The number of nitrogens with zero attached hydrogens (tertiary/aromatic N) is 1. The summed E-state index contributed by atoms with van der Waals surface area (Å²) in [6.45, 7) is 4.87. The summed E-state index contributed by atoms with van der Waals surface area (Å²) in [7, 11) is 0. The topological polar surface area (TPSA) is 24.9 Å². The van der Waals surface area contributed by atoms with Crippen molar-refractivity contribution in [2.45, 2.75) is 26.4 Å². The lowest BCUT2D eigenvalue weighted by atomic mass is 10.1. The standard InChI is InChI=1S/C15H16BrFN2/c1-10-5-6-18-8-12(10)9-19-11(2)14-4-3-13(17)7-15(14)16/h3-8,11,19H,9H2,1-2H3. The average Bonchev–Trinajstić information content (AvgIpc) is 2.37. The molecule has 1 aromatic carbocycles. The molecule has 0 aliphatic rings. The number of halogens is 2. The predicted octanol–water partition coefficient (Wildman–Crippen LogP) is 4.14. The fourth-order valence-electron chi connectivity index (χ4n) is 1.91. The molecule has 1 N–H and O–H groups in total. The van der Waals surface area contributed by atoms with Gasteiger partial charge in [-0.3, -0.25) is 4.98 Å². The lowest BCUT2D eigenvalue weighted by Crippen LogP contribution is -2.19. The first kappa shape index (κ1) is 14.2. The highest BCUT2D eigenvalue weighted by molar-refractivity contribution is 9.10. The molecule has 0 bridgehead atoms. The van der Waals surface area contributed by atoms with Crippen LogP contribution in [0.4, 0.5) is 4.39 Å². The lowest BCUT2D eigenvalue weighted by molar-refractivity contribution is 0.567. The van der Waals surface area contributed by atoms with E-state index in [1.807, 2.05) is 12.3 Å². The second-order valence-corrected chi connectivity index (χ2v) is 5.42. The van der Waals surface area contributed by atoms with E-state index in [2.05, 4.69) is 40.1 Å². The molecule has 0 saturated heterocycles. The van der Waals surface area contributed by atoms with Crippen LogP contribution in [0.3, 0.4) is 0 Å². The van der Waals surface area contributed by atoms with Crippen LogP contribution in [0.1, 0.15) is 29.7 Å². The molecule has 1 unspecified atom stereocenters. The molecule has 1 atom stereocenters. The van der Waals surface area contributed by atoms with Crippen LogP contribution in [0.5, 0.6) is 0 Å². The zero-order valence-corrected chi connectivity index (χ0v) is 12.5. The molecule has 1 heterocycles. The highest BCUT2D eigenvalue weighted by Gasteiger charge is 2.10. The van der Waals surface area contributed by atoms with Crippen molar-refractivity contribution in [3.8, 4) is 0 Å². The molecule has 0 radical (unpaired) electrons. The van der Waals surface area contributed by atoms with Gasteiger partial charge in [0.2, 0.25) is 0 Å². The van der Waals surface area contributed by atoms with Crippen LogP contribution in [-0.2, 0) is 6.54 Å². The van der Waals surface area contributed by atoms with Gasteiger partial charge < -0.3 is 5.32 Å². The first-order chi connectivity index (χ1) is 9.08. The van der Waals surface area contributed by atoms with Crippen molar-refractivity contribution < 1.29 is 4.39 Å². The Morgan fingerprint density at radius 2 is 2.16 bits per heavy atom. The van der Waals surface area contributed by atoms with Gasteiger partial charge in [-0.25, -0.2) is 4.39 Å². The Morgan fingerprint density at radius 1 is 1.37 bits per heavy atom. The molecule has 0 saturated carbocycles. The predicted molar refractivity (Wildman–Crippen MR) is 78.3 cm³/mol. The zero-order valence-electron chi connectivity index (χ0n) is 11.0. The van der Waals surface area contributed by atoms with E-state index in [1.54, 1.807) is 12.3 Å². The normalized spacial score (nSPS) is 12.4. The van der Waals surface area contributed by atoms with E-state index >= 15 is 0 Å². The van der Waals surface area contributed by atoms with Gasteiger partial charge in [0.05, 0.1) is 0 Å². The molecule has 100 valence electrons. The summed E-state index contributed by atoms with van der Waals surface area (Å²) in [5.41, 5.74) is 3.43. The fourth-order valence-corrected chi connectivity index (χ4v) is 2.60. The SMILES string of the molecule is Cc1ccncc1CNC(C)c1ccc(F)cc1Br. The maximum Gasteiger partial charge on any atom is 0.124 e. The number of rotatable bonds is 4. The third kappa shape index (κ3) is 3.61. The molecule has 4 heteroatoms. The Hall–Kier alpha value is -1.26. The molecular weight excluding hydrogens is 307 g/mol. The Labute approximate surface area is 121 Å². The van der Waals surface area contributed by atoms with Crippen molar-refractivity contribution in [1.29, 1.82) is 0 Å². The van der Waals surface area contributed by atoms with E-state index in [9.17, 15) is 4.39 Å². The number of benzene rings is 1. The van der Waals surface area contributed by atoms with Crippen LogP contribution in [0, 0.1) is 12.7 Å². The number of aryl methyl sites for hydroxylation is 1. The van der Waals surface area contributed by atoms with Gasteiger partial charge in [-0.15, -0.1) is 0 Å². The Morgan fingerprint density at radius 3 is 2.84 bits per heavy atom. The van der Waals surface area contributed by atoms with Crippen molar-refractivity contribution in [2.24, 2.45) is 0 Å². The van der Waals surface area contributed by atoms with Gasteiger partial charge in [-0.05, 0) is 48.7 Å². The minimum absolute atomic E-state index is 0.134. The number of pyridine rings is 1. The van der Waals surface area contributed by atoms with Crippen LogP contribution in [0.25, 0.3) is 0 Å². The molecule has 2 aromatic rings. The van der Waals surface area contributed by atoms with Crippen LogP contribution < -0.4 is 5.32 Å². The highest BCUT2D eigenvalue weighted by Crippen LogP contribution is 2.24. The highest BCUT2D eigenvalue weighted by atomic mass is 79.9. The van der Waals surface area contributed by atoms with Crippen LogP contribution in [0.2, 0.25) is 0 Å². The van der Waals surface area contributed by atoms with Crippen molar-refractivity contribution in [3.05, 3.63) is 63.6 Å². The number of aromatic nitrogens is 1. The summed E-state index contributed by atoms with van der Waals surface area (Å²) in [5.74, 6) is -0.231. The van der Waals surface area contributed by atoms with Gasteiger partial charge in [-0.1, -0.05) is 22.0 Å². The van der Waals surface area contributed by atoms with Crippen molar-refractivity contribution in [3.63, 3.8) is 0 Å². The second-order valence-electron chi connectivity index (χ2n) is 4.57. The minimum Gasteiger partial charge on any atom is -0.306 e. The van der Waals surface area contributed by atoms with E-state index in [1.165, 1.54) is 23.3 Å². The Balaban J connectivity index is 2.05. The molecule has 1 aromatic heterocycles. The first-order valence-electron chi connectivity index (χ1n) is 6.15. The van der Waals surface area contributed by atoms with E-state index in [0.29, 0.717) is 0 Å². The maximum absolute atomic E-state index is 13.1. The first-order valence-corrected chi connectivity index (χ1v) is 6.95. The molecular formula is C15H16BrFN2. The molecule has 0 aliphatic carbocycles. The van der Waals surface area contributed by atoms with E-state index in [4.69, 9.17) is 0 Å². The monoisotopic (exact) mass is 322 g/mol. The van der Waals surface area contributed by atoms with Gasteiger partial charge in [0, 0.05) is 29.5 Å². The summed E-state index contributed by atoms with van der Waals surface area (Å²) >= 11 is 3.40. The van der Waals surface area contributed by atoms with Crippen molar-refractivity contribution >= 4 is 15.9 Å². The fraction of sp³-hybridized carbons (Fsp3) is 0.267. The minimum atomic E-state index is -0.231. The molecule has 2 rings (SSSR count). The summed E-state index contributed by atoms with van der Waals surface area (Å²) in [6.07, 6.45) is 3.66. The van der Waals surface area contributed by atoms with Gasteiger partial charge in [0.15, 0.2) is 0 Å². The summed E-state index contributed by atoms with van der Waals surface area (Å²) in [5, 5.41) is 3.42. The summed E-state index contributed by atoms with van der Waals surface area (Å²) < 4.78 is 13.8. The van der Waals surface area contributed by atoms with Crippen LogP contribution >= 0.6 is 15.9 Å². The average molecular weight is 323 g/mol. The van der Waals surface area contributed by atoms with Crippen molar-refractivity contribution in [1.82, 2.24) is 10.3 Å². The molecule has 19 heavy (non-hydrogen) atoms. The number of nitrogens with one attached hydrogen (secondary N) is 1. The van der Waals surface area contributed by atoms with Gasteiger partial charge >= 0.3 is 0 Å². The van der Waals surface area contributed by atoms with E-state index < -0.39 is 0 Å². The maximum atomic E-state index is 13.1. The lowest BCUT2D eigenvalue weighted by Gasteiger charge is -2.16. The molecule has 2 nitrogen and oxygen atoms in total. The molecule has 0 aliphatic heterocycles. The summed E-state index contributed by atoms with van der Waals surface area (Å²) in [6, 6.07) is 6.90. The van der Waals surface area contributed by atoms with Gasteiger partial charge in [0.25, 0.3) is 0 Å². The second kappa shape index (κ2) is 6.26. The molecule has 0 spiro atoms. The summed E-state index contributed by atoms with van der Waals surface area (Å²) in [4.78, 5) is 4.13. The van der Waals surface area contributed by atoms with E-state index in [-0.39, 0.29) is 11.9 Å². The zero-order chi connectivity index (χ0) is 13.8. The Kier molecular flexibility index (Phi) is 4.66. The Bertz CT molecular complexity index is 572. The van der Waals surface area contributed by atoms with Gasteiger partial charge in [-0.2, -0.15) is 0 Å². The van der Waals surface area contributed by atoms with E-state index in [0.717, 1.165) is 16.6 Å². The smallest absolute Gasteiger partial charge is 0.124 e. The van der Waals surface area contributed by atoms with Crippen molar-refractivity contribution in [2.75, 3.05) is 0 Å². The third-order valence-electron chi connectivity index (χ3n) is 3.18. The van der Waals surface area contributed by atoms with Crippen LogP contribution in [-0.4, -0.2) is 4.98 Å². The molecule has 0 amide bonds. The van der Waals surface area contributed by atoms with Crippen LogP contribution in [0.15, 0.2) is 41.1 Å². The number of hydrogen-bond acceptors (Lipinski definition) is 2. The quantitative estimate of drug-likeness (QED) is 0.915. The largest absolute Gasteiger partial charge is 0.306 e. The molecule has 0 fully saturated rings. The van der Waals surface area contributed by atoms with Gasteiger partial charge in [0.1, 0.15) is 5.82 Å². The third-order valence-corrected chi connectivity index (χ3v) is 3.86.